The van der Waals surface area contributed by atoms with Gasteiger partial charge in [0.1, 0.15) is 79.4 Å². The molecule has 292 valence electrons. The summed E-state index contributed by atoms with van der Waals surface area (Å²) in [7, 11) is 0. The van der Waals surface area contributed by atoms with E-state index in [0.717, 1.165) is 0 Å². The minimum atomic E-state index is -2.19. The van der Waals surface area contributed by atoms with Gasteiger partial charge in [-0.2, -0.15) is 0 Å². The Bertz CT molecular complexity index is 1090. The van der Waals surface area contributed by atoms with Gasteiger partial charge in [0.05, 0.1) is 24.7 Å². The number of halogens is 1. The largest absolute Gasteiger partial charge is 0.394 e. The summed E-state index contributed by atoms with van der Waals surface area (Å²) >= 11 is 0. The molecule has 0 aromatic heterocycles. The molecular formula is C27H52FN7O15. The number of nitrogens with one attached hydrogen (secondary N) is 1. The molecule has 0 aromatic rings. The average Bonchev–Trinajstić information content (AvgIpc) is 3.40. The van der Waals surface area contributed by atoms with E-state index in [1.807, 2.05) is 0 Å². The van der Waals surface area contributed by atoms with Crippen molar-refractivity contribution in [3.05, 3.63) is 0 Å². The molecule has 3 heterocycles. The van der Waals surface area contributed by atoms with E-state index in [4.69, 9.17) is 62.8 Å². The quantitative estimate of drug-likeness (QED) is 0.0835. The zero-order valence-electron chi connectivity index (χ0n) is 26.9. The van der Waals surface area contributed by atoms with Gasteiger partial charge in [0.25, 0.3) is 5.91 Å². The maximum atomic E-state index is 14.0. The predicted molar refractivity (Wildman–Crippen MR) is 162 cm³/mol. The second-order valence-electron chi connectivity index (χ2n) is 12.9. The van der Waals surface area contributed by atoms with Gasteiger partial charge in [-0.1, -0.05) is 0 Å². The van der Waals surface area contributed by atoms with Crippen molar-refractivity contribution in [3.8, 4) is 0 Å². The summed E-state index contributed by atoms with van der Waals surface area (Å²) < 4.78 is 48.7. The molecule has 50 heavy (non-hydrogen) atoms. The number of nitrogens with two attached hydrogens (primary N) is 6. The highest BCUT2D eigenvalue weighted by Crippen LogP contribution is 2.34. The monoisotopic (exact) mass is 733 g/mol. The van der Waals surface area contributed by atoms with E-state index >= 15 is 0 Å². The summed E-state index contributed by atoms with van der Waals surface area (Å²) in [6.45, 7) is -1.91. The zero-order chi connectivity index (χ0) is 37.2. The molecule has 1 amide bonds. The topological polar surface area (TPSA) is 402 Å². The Labute approximate surface area is 285 Å². The van der Waals surface area contributed by atoms with E-state index in [2.05, 4.69) is 5.32 Å². The molecule has 1 aliphatic carbocycles. The molecule has 0 spiro atoms. The highest BCUT2D eigenvalue weighted by atomic mass is 19.1. The maximum Gasteiger partial charge on any atom is 0.252 e. The van der Waals surface area contributed by atoms with Gasteiger partial charge in [-0.05, 0) is 6.42 Å². The van der Waals surface area contributed by atoms with Crippen LogP contribution in [0.5, 0.6) is 0 Å². The lowest BCUT2D eigenvalue weighted by atomic mass is 9.83. The van der Waals surface area contributed by atoms with Crippen molar-refractivity contribution in [2.45, 2.75) is 135 Å². The highest BCUT2D eigenvalue weighted by Gasteiger charge is 2.55. The Morgan fingerprint density at radius 3 is 1.68 bits per heavy atom. The molecule has 23 heteroatoms. The summed E-state index contributed by atoms with van der Waals surface area (Å²) in [5.74, 6) is -1.23. The standard InChI is InChI=1S/C27H52FN7O15/c28-6(2-29)14(37)24(44)35-8-1-7(32)21(48-25-12(33)18(41)16(39)9(3-30)45-25)23(15(8)38)50-27-20(43)22(11(5-36)47-27)49-26-13(34)19(42)17(40)10(4-31)46-26/h6-23,25-27,36-43H,1-5,29-34H2,(H,35,44)/t6-,7-,8?,9+,10-,11+,12+,13+,14?,15-,16+,17+,18-,19+,20+,21+,22+,23+,25+,26+,27-/m0/s1. The van der Waals surface area contributed by atoms with E-state index in [0.29, 0.717) is 0 Å². The number of alkyl halides is 1. The summed E-state index contributed by atoms with van der Waals surface area (Å²) in [5.41, 5.74) is 35.0. The Kier molecular flexibility index (Phi) is 14.6. The SMILES string of the molecule is NC[C@@H]1O[C@H](O[C@H]2[C@@H](O)[C@H](O[C@H]3[C@H](O[C@H]4O[C@H](CN)[C@@H](O)[C@@H](O)[C@H]4N)[C@@H](N)CC(NC(=O)C(O)[C@@H](F)CN)[C@@H]3O)O[C@@H]2CO)[C@H](N)[C@@H](O)[C@@H]1O. The van der Waals surface area contributed by atoms with Crippen LogP contribution in [0.1, 0.15) is 6.42 Å². The lowest BCUT2D eigenvalue weighted by molar-refractivity contribution is -0.307. The molecule has 3 aliphatic heterocycles. The molecule has 0 radical (unpaired) electrons. The Hall–Kier alpha value is -1.40. The number of aliphatic hydroxyl groups excluding tert-OH is 8. The van der Waals surface area contributed by atoms with Crippen LogP contribution in [-0.2, 0) is 33.2 Å². The van der Waals surface area contributed by atoms with Crippen LogP contribution in [0.4, 0.5) is 4.39 Å². The Morgan fingerprint density at radius 2 is 1.20 bits per heavy atom. The zero-order valence-corrected chi connectivity index (χ0v) is 26.9. The minimum Gasteiger partial charge on any atom is -0.394 e. The van der Waals surface area contributed by atoms with E-state index in [1.165, 1.54) is 0 Å². The first-order valence-electron chi connectivity index (χ1n) is 16.2. The fourth-order valence-electron chi connectivity index (χ4n) is 6.41. The average molecular weight is 734 g/mol. The molecule has 21 atom stereocenters. The first-order chi connectivity index (χ1) is 23.6. The predicted octanol–water partition coefficient (Wildman–Crippen LogP) is -10.1. The molecule has 22 nitrogen and oxygen atoms in total. The third-order valence-electron chi connectivity index (χ3n) is 9.49. The maximum absolute atomic E-state index is 14.0. The van der Waals surface area contributed by atoms with Crippen molar-refractivity contribution >= 4 is 5.91 Å². The summed E-state index contributed by atoms with van der Waals surface area (Å²) in [6, 6.07) is -5.17. The van der Waals surface area contributed by atoms with Gasteiger partial charge >= 0.3 is 0 Å². The number of carbonyl (C=O) groups is 1. The number of hydrogen-bond acceptors (Lipinski definition) is 21. The van der Waals surface area contributed by atoms with Gasteiger partial charge in [-0.3, -0.25) is 4.79 Å². The number of hydrogen-bond donors (Lipinski definition) is 15. The molecule has 4 fully saturated rings. The fraction of sp³-hybridized carbons (Fsp3) is 0.963. The second-order valence-corrected chi connectivity index (χ2v) is 12.9. The molecule has 2 unspecified atom stereocenters. The second kappa shape index (κ2) is 17.6. The van der Waals surface area contributed by atoms with Gasteiger partial charge in [-0.25, -0.2) is 4.39 Å². The lowest BCUT2D eigenvalue weighted by Gasteiger charge is -2.48. The molecule has 0 aromatic carbocycles. The third-order valence-corrected chi connectivity index (χ3v) is 9.49. The summed E-state index contributed by atoms with van der Waals surface area (Å²) in [6.07, 6.45) is -26.9. The highest BCUT2D eigenvalue weighted by molar-refractivity contribution is 5.81. The molecule has 0 bridgehead atoms. The number of carbonyl (C=O) groups excluding carboxylic acids is 1. The molecule has 4 rings (SSSR count). The van der Waals surface area contributed by atoms with Crippen LogP contribution < -0.4 is 39.7 Å². The molecule has 21 N–H and O–H groups in total. The van der Waals surface area contributed by atoms with E-state index in [1.54, 1.807) is 0 Å². The van der Waals surface area contributed by atoms with Crippen molar-refractivity contribution in [3.63, 3.8) is 0 Å². The van der Waals surface area contributed by atoms with Crippen LogP contribution in [0.25, 0.3) is 0 Å². The molecular weight excluding hydrogens is 681 g/mol. The van der Waals surface area contributed by atoms with Gasteiger partial charge in [0.15, 0.2) is 25.0 Å². The van der Waals surface area contributed by atoms with Crippen LogP contribution in [0.15, 0.2) is 0 Å². The van der Waals surface area contributed by atoms with E-state index < -0.39 is 148 Å². The van der Waals surface area contributed by atoms with Crippen molar-refractivity contribution < 1.29 is 78.5 Å². The van der Waals surface area contributed by atoms with Gasteiger partial charge < -0.3 is 109 Å². The van der Waals surface area contributed by atoms with Crippen molar-refractivity contribution in [1.82, 2.24) is 5.32 Å². The van der Waals surface area contributed by atoms with Gasteiger partial charge in [0.2, 0.25) is 0 Å². The lowest BCUT2D eigenvalue weighted by Crippen LogP contribution is -2.69. The van der Waals surface area contributed by atoms with Crippen molar-refractivity contribution in [1.29, 1.82) is 0 Å². The summed E-state index contributed by atoms with van der Waals surface area (Å²) in [5, 5.41) is 86.5. The first-order valence-corrected chi connectivity index (χ1v) is 16.2. The number of amides is 1. The Morgan fingerprint density at radius 1 is 0.720 bits per heavy atom. The molecule has 3 saturated heterocycles. The normalized spacial score (nSPS) is 48.3. The van der Waals surface area contributed by atoms with Crippen molar-refractivity contribution in [2.24, 2.45) is 34.4 Å². The van der Waals surface area contributed by atoms with E-state index in [-0.39, 0.29) is 19.5 Å². The summed E-state index contributed by atoms with van der Waals surface area (Å²) in [4.78, 5) is 12.6. The van der Waals surface area contributed by atoms with Crippen LogP contribution in [0.3, 0.4) is 0 Å². The first kappa shape index (κ1) is 41.4. The molecule has 4 aliphatic rings. The van der Waals surface area contributed by atoms with Crippen LogP contribution in [-0.4, -0.2) is 202 Å². The van der Waals surface area contributed by atoms with Crippen LogP contribution in [0.2, 0.25) is 0 Å². The molecule has 1 saturated carbocycles. The van der Waals surface area contributed by atoms with Gasteiger partial charge in [0, 0.05) is 25.7 Å². The number of ether oxygens (including phenoxy) is 6. The number of rotatable bonds is 13. The fourth-order valence-corrected chi connectivity index (χ4v) is 6.41. The Balaban J connectivity index is 1.58. The van der Waals surface area contributed by atoms with Crippen LogP contribution >= 0.6 is 0 Å². The van der Waals surface area contributed by atoms with Gasteiger partial charge in [-0.15, -0.1) is 0 Å². The number of aliphatic hydroxyl groups is 8. The minimum absolute atomic E-state index is 0.228. The van der Waals surface area contributed by atoms with Crippen LogP contribution in [0, 0.1) is 0 Å². The van der Waals surface area contributed by atoms with E-state index in [9.17, 15) is 50.0 Å². The third kappa shape index (κ3) is 8.53. The van der Waals surface area contributed by atoms with Crippen molar-refractivity contribution in [2.75, 3.05) is 26.2 Å². The smallest absolute Gasteiger partial charge is 0.252 e.